The van der Waals surface area contributed by atoms with Crippen LogP contribution in [0.4, 0.5) is 10.9 Å². The van der Waals surface area contributed by atoms with E-state index in [0.717, 1.165) is 21.3 Å². The zero-order valence-corrected chi connectivity index (χ0v) is 12.9. The van der Waals surface area contributed by atoms with Crippen molar-refractivity contribution in [1.29, 1.82) is 0 Å². The largest absolute Gasteiger partial charge is 0.493 e. The van der Waals surface area contributed by atoms with Crippen molar-refractivity contribution < 1.29 is 9.53 Å². The lowest BCUT2D eigenvalue weighted by Gasteiger charge is -2.06. The molecule has 0 radical (unpaired) electrons. The van der Waals surface area contributed by atoms with Crippen LogP contribution in [0.25, 0.3) is 21.3 Å². The van der Waals surface area contributed by atoms with Gasteiger partial charge in [-0.2, -0.15) is 0 Å². The van der Waals surface area contributed by atoms with Crippen LogP contribution < -0.4 is 15.8 Å². The summed E-state index contributed by atoms with van der Waals surface area (Å²) in [6.45, 7) is 1.46. The Labute approximate surface area is 131 Å². The number of rotatable bonds is 3. The molecule has 3 rings (SSSR count). The van der Waals surface area contributed by atoms with Crippen molar-refractivity contribution in [3.8, 4) is 16.9 Å². The van der Waals surface area contributed by atoms with Gasteiger partial charge in [-0.3, -0.25) is 4.79 Å². The first-order valence-corrected chi connectivity index (χ1v) is 7.36. The van der Waals surface area contributed by atoms with Gasteiger partial charge in [-0.25, -0.2) is 9.97 Å². The van der Waals surface area contributed by atoms with Crippen LogP contribution in [-0.4, -0.2) is 23.0 Å². The molecule has 0 bridgehead atoms. The summed E-state index contributed by atoms with van der Waals surface area (Å²) in [5.74, 6) is 0.769. The molecule has 0 aliphatic carbocycles. The van der Waals surface area contributed by atoms with E-state index in [1.807, 2.05) is 24.3 Å². The van der Waals surface area contributed by atoms with Crippen molar-refractivity contribution in [1.82, 2.24) is 9.97 Å². The Kier molecular flexibility index (Phi) is 3.64. The van der Waals surface area contributed by atoms with Crippen molar-refractivity contribution in [2.24, 2.45) is 0 Å². The topological polar surface area (TPSA) is 90.1 Å². The smallest absolute Gasteiger partial charge is 0.223 e. The van der Waals surface area contributed by atoms with E-state index in [4.69, 9.17) is 10.5 Å². The molecule has 3 N–H and O–H groups in total. The van der Waals surface area contributed by atoms with Crippen LogP contribution >= 0.6 is 11.3 Å². The molecular formula is C15H14N4O2S. The van der Waals surface area contributed by atoms with E-state index in [2.05, 4.69) is 15.3 Å². The number of methoxy groups -OCH3 is 1. The number of hydrogen-bond acceptors (Lipinski definition) is 6. The number of pyridine rings is 1. The molecule has 1 aromatic carbocycles. The summed E-state index contributed by atoms with van der Waals surface area (Å²) < 4.78 is 6.18. The first-order valence-electron chi connectivity index (χ1n) is 6.55. The highest BCUT2D eigenvalue weighted by molar-refractivity contribution is 7.22. The Hall–Kier alpha value is -2.67. The van der Waals surface area contributed by atoms with Crippen molar-refractivity contribution >= 4 is 38.4 Å². The van der Waals surface area contributed by atoms with Crippen molar-refractivity contribution in [3.05, 3.63) is 30.5 Å². The number of ether oxygens (including phenoxy) is 1. The number of carbonyl (C=O) groups excluding carboxylic acids is 1. The van der Waals surface area contributed by atoms with Crippen molar-refractivity contribution in [2.45, 2.75) is 6.92 Å². The van der Waals surface area contributed by atoms with E-state index in [-0.39, 0.29) is 5.91 Å². The molecule has 0 unspecified atom stereocenters. The van der Waals surface area contributed by atoms with Gasteiger partial charge in [0.05, 0.1) is 17.3 Å². The van der Waals surface area contributed by atoms with Crippen LogP contribution in [0.5, 0.6) is 5.75 Å². The number of benzene rings is 1. The lowest BCUT2D eigenvalue weighted by atomic mass is 10.1. The first-order chi connectivity index (χ1) is 10.6. The number of nitrogens with zero attached hydrogens (tertiary/aromatic N) is 2. The number of nitrogens with one attached hydrogen (secondary N) is 1. The van der Waals surface area contributed by atoms with Crippen LogP contribution in [0.15, 0.2) is 30.5 Å². The van der Waals surface area contributed by atoms with Crippen LogP contribution in [0.3, 0.4) is 0 Å². The van der Waals surface area contributed by atoms with Crippen molar-refractivity contribution in [3.63, 3.8) is 0 Å². The number of thiazole rings is 1. The number of nitrogen functional groups attached to an aromatic ring is 1. The van der Waals surface area contributed by atoms with Crippen molar-refractivity contribution in [2.75, 3.05) is 18.2 Å². The Bertz CT molecular complexity index is 860. The molecule has 0 fully saturated rings. The van der Waals surface area contributed by atoms with Crippen LogP contribution in [0.1, 0.15) is 6.92 Å². The van der Waals surface area contributed by atoms with Gasteiger partial charge in [0.1, 0.15) is 0 Å². The van der Waals surface area contributed by atoms with Gasteiger partial charge in [0.2, 0.25) is 5.91 Å². The van der Waals surface area contributed by atoms with E-state index in [1.54, 1.807) is 13.3 Å². The second kappa shape index (κ2) is 5.61. The van der Waals surface area contributed by atoms with Gasteiger partial charge in [0.15, 0.2) is 16.7 Å². The van der Waals surface area contributed by atoms with Crippen LogP contribution in [0, 0.1) is 0 Å². The molecule has 1 amide bonds. The molecule has 0 spiro atoms. The lowest BCUT2D eigenvalue weighted by molar-refractivity contribution is -0.114. The SMILES string of the molecule is COc1cc(-c2ccc3nc(NC(C)=O)sc3c2)cnc1N. The molecular weight excluding hydrogens is 300 g/mol. The second-order valence-electron chi connectivity index (χ2n) is 4.69. The van der Waals surface area contributed by atoms with E-state index < -0.39 is 0 Å². The van der Waals surface area contributed by atoms with Gasteiger partial charge >= 0.3 is 0 Å². The maximum Gasteiger partial charge on any atom is 0.223 e. The summed E-state index contributed by atoms with van der Waals surface area (Å²) >= 11 is 1.43. The van der Waals surface area contributed by atoms with Gasteiger partial charge in [-0.1, -0.05) is 17.4 Å². The third-order valence-corrected chi connectivity index (χ3v) is 4.04. The molecule has 3 aromatic rings. The monoisotopic (exact) mass is 314 g/mol. The number of aromatic nitrogens is 2. The predicted molar refractivity (Wildman–Crippen MR) is 88.1 cm³/mol. The predicted octanol–water partition coefficient (Wildman–Crippen LogP) is 2.91. The average Bonchev–Trinajstić information content (AvgIpc) is 2.88. The van der Waals surface area contributed by atoms with Crippen LogP contribution in [-0.2, 0) is 4.79 Å². The summed E-state index contributed by atoms with van der Waals surface area (Å²) in [5.41, 5.74) is 8.46. The third-order valence-electron chi connectivity index (χ3n) is 3.11. The van der Waals surface area contributed by atoms with Crippen LogP contribution in [0.2, 0.25) is 0 Å². The van der Waals surface area contributed by atoms with E-state index in [9.17, 15) is 4.79 Å². The molecule has 2 heterocycles. The molecule has 7 heteroatoms. The molecule has 2 aromatic heterocycles. The Morgan fingerprint density at radius 2 is 2.14 bits per heavy atom. The Balaban J connectivity index is 2.02. The fourth-order valence-electron chi connectivity index (χ4n) is 2.08. The standard InChI is InChI=1S/C15H14N4O2S/c1-8(20)18-15-19-11-4-3-9(6-13(11)22-15)10-5-12(21-2)14(16)17-7-10/h3-7H,1-2H3,(H2,16,17)(H,18,19,20). The maximum atomic E-state index is 11.1. The zero-order chi connectivity index (χ0) is 15.7. The zero-order valence-electron chi connectivity index (χ0n) is 12.1. The number of nitrogens with two attached hydrogens (primary N) is 1. The summed E-state index contributed by atoms with van der Waals surface area (Å²) in [4.78, 5) is 19.6. The van der Waals surface area contributed by atoms with Gasteiger partial charge < -0.3 is 15.8 Å². The highest BCUT2D eigenvalue weighted by Crippen LogP contribution is 2.32. The van der Waals surface area contributed by atoms with Gasteiger partial charge in [-0.15, -0.1) is 0 Å². The maximum absolute atomic E-state index is 11.1. The molecule has 22 heavy (non-hydrogen) atoms. The summed E-state index contributed by atoms with van der Waals surface area (Å²) in [6.07, 6.45) is 1.70. The molecule has 0 aliphatic rings. The van der Waals surface area contributed by atoms with E-state index in [0.29, 0.717) is 16.7 Å². The van der Waals surface area contributed by atoms with Gasteiger partial charge in [0, 0.05) is 18.7 Å². The highest BCUT2D eigenvalue weighted by atomic mass is 32.1. The minimum absolute atomic E-state index is 0.133. The molecule has 0 saturated carbocycles. The average molecular weight is 314 g/mol. The third kappa shape index (κ3) is 2.71. The number of anilines is 2. The fourth-order valence-corrected chi connectivity index (χ4v) is 3.04. The number of carbonyl (C=O) groups is 1. The summed E-state index contributed by atoms with van der Waals surface area (Å²) in [5, 5.41) is 3.29. The molecule has 0 saturated heterocycles. The lowest BCUT2D eigenvalue weighted by Crippen LogP contribution is -2.04. The molecule has 112 valence electrons. The summed E-state index contributed by atoms with van der Waals surface area (Å²) in [7, 11) is 1.56. The Morgan fingerprint density at radius 1 is 1.32 bits per heavy atom. The Morgan fingerprint density at radius 3 is 2.86 bits per heavy atom. The minimum atomic E-state index is -0.133. The quantitative estimate of drug-likeness (QED) is 0.775. The normalized spacial score (nSPS) is 10.6. The molecule has 0 aliphatic heterocycles. The first kappa shape index (κ1) is 14.3. The second-order valence-corrected chi connectivity index (χ2v) is 5.72. The number of amides is 1. The highest BCUT2D eigenvalue weighted by Gasteiger charge is 2.09. The van der Waals surface area contributed by atoms with Gasteiger partial charge in [0.25, 0.3) is 0 Å². The van der Waals surface area contributed by atoms with E-state index >= 15 is 0 Å². The fraction of sp³-hybridized carbons (Fsp3) is 0.133. The minimum Gasteiger partial charge on any atom is -0.493 e. The summed E-state index contributed by atoms with van der Waals surface area (Å²) in [6, 6.07) is 7.71. The molecule has 6 nitrogen and oxygen atoms in total. The number of hydrogen-bond donors (Lipinski definition) is 2. The number of fused-ring (bicyclic) bond motifs is 1. The van der Waals surface area contributed by atoms with Gasteiger partial charge in [-0.05, 0) is 23.8 Å². The molecule has 0 atom stereocenters. The van der Waals surface area contributed by atoms with E-state index in [1.165, 1.54) is 18.3 Å².